The van der Waals surface area contributed by atoms with Crippen molar-refractivity contribution >= 4 is 0 Å². The van der Waals surface area contributed by atoms with Crippen molar-refractivity contribution in [2.75, 3.05) is 0 Å². The number of rotatable bonds is 2. The van der Waals surface area contributed by atoms with Crippen molar-refractivity contribution in [2.24, 2.45) is 0 Å². The van der Waals surface area contributed by atoms with Crippen molar-refractivity contribution in [3.63, 3.8) is 0 Å². The maximum absolute atomic E-state index is 4.07. The third-order valence-electron chi connectivity index (χ3n) is 1.79. The zero-order valence-electron chi connectivity index (χ0n) is 7.44. The molecule has 13 heavy (non-hydrogen) atoms. The SMILES string of the molecule is CC(C)c1cc(-c2nn[nH]n2)n[nH]1.[HH].[HH]. The van der Waals surface area contributed by atoms with E-state index in [1.807, 2.05) is 6.07 Å². The molecule has 0 amide bonds. The number of aromatic amines is 2. The fourth-order valence-electron chi connectivity index (χ4n) is 1.02. The third-order valence-corrected chi connectivity index (χ3v) is 1.79. The molecule has 0 aromatic carbocycles. The molecule has 0 atom stereocenters. The maximum Gasteiger partial charge on any atom is 0.224 e. The van der Waals surface area contributed by atoms with Crippen LogP contribution in [-0.4, -0.2) is 30.8 Å². The zero-order valence-corrected chi connectivity index (χ0v) is 7.44. The number of aromatic nitrogens is 6. The van der Waals surface area contributed by atoms with Gasteiger partial charge in [-0.3, -0.25) is 5.10 Å². The van der Waals surface area contributed by atoms with Crippen LogP contribution in [0.4, 0.5) is 0 Å². The van der Waals surface area contributed by atoms with E-state index in [4.69, 9.17) is 0 Å². The van der Waals surface area contributed by atoms with Crippen LogP contribution in [0.15, 0.2) is 6.07 Å². The van der Waals surface area contributed by atoms with Crippen molar-refractivity contribution in [1.82, 2.24) is 30.8 Å². The lowest BCUT2D eigenvalue weighted by Gasteiger charge is -1.95. The van der Waals surface area contributed by atoms with Crippen LogP contribution in [0, 0.1) is 0 Å². The van der Waals surface area contributed by atoms with Crippen molar-refractivity contribution in [2.45, 2.75) is 19.8 Å². The van der Waals surface area contributed by atoms with Gasteiger partial charge in [0, 0.05) is 8.55 Å². The van der Waals surface area contributed by atoms with Crippen molar-refractivity contribution in [3.8, 4) is 11.5 Å². The van der Waals surface area contributed by atoms with E-state index in [0.29, 0.717) is 11.7 Å². The van der Waals surface area contributed by atoms with Crippen molar-refractivity contribution < 1.29 is 2.85 Å². The minimum Gasteiger partial charge on any atom is -0.282 e. The van der Waals surface area contributed by atoms with E-state index in [2.05, 4.69) is 44.7 Å². The van der Waals surface area contributed by atoms with Crippen LogP contribution in [0.5, 0.6) is 0 Å². The first-order chi connectivity index (χ1) is 6.27. The second-order valence-electron chi connectivity index (χ2n) is 3.10. The van der Waals surface area contributed by atoms with Gasteiger partial charge in [0.05, 0.1) is 0 Å². The zero-order chi connectivity index (χ0) is 9.26. The summed E-state index contributed by atoms with van der Waals surface area (Å²) in [6.45, 7) is 4.18. The van der Waals surface area contributed by atoms with Gasteiger partial charge in [-0.25, -0.2) is 0 Å². The molecule has 72 valence electrons. The van der Waals surface area contributed by atoms with Gasteiger partial charge in [-0.1, -0.05) is 13.8 Å². The number of nitrogens with zero attached hydrogens (tertiary/aromatic N) is 4. The second kappa shape index (κ2) is 2.96. The Morgan fingerprint density at radius 3 is 2.77 bits per heavy atom. The summed E-state index contributed by atoms with van der Waals surface area (Å²) >= 11 is 0. The number of tetrazole rings is 1. The van der Waals surface area contributed by atoms with Gasteiger partial charge < -0.3 is 0 Å². The summed E-state index contributed by atoms with van der Waals surface area (Å²) in [7, 11) is 0. The molecule has 6 nitrogen and oxygen atoms in total. The molecule has 0 fully saturated rings. The monoisotopic (exact) mass is 182 g/mol. The topological polar surface area (TPSA) is 83.1 Å². The highest BCUT2D eigenvalue weighted by molar-refractivity contribution is 5.47. The van der Waals surface area contributed by atoms with Crippen LogP contribution < -0.4 is 0 Å². The number of H-pyrrole nitrogens is 2. The molecule has 0 aliphatic carbocycles. The fourth-order valence-corrected chi connectivity index (χ4v) is 1.02. The number of hydrogen-bond acceptors (Lipinski definition) is 4. The first-order valence-corrected chi connectivity index (χ1v) is 4.06. The van der Waals surface area contributed by atoms with Gasteiger partial charge in [-0.05, 0) is 17.2 Å². The Hall–Kier alpha value is -1.72. The maximum atomic E-state index is 4.07. The Kier molecular flexibility index (Phi) is 1.80. The standard InChI is InChI=1S/C7H10N6.2H2/c1-4(2)5-3-6(9-8-5)7-10-12-13-11-7;;/h3-4H,1-2H3,(H,8,9)(H,10,11,12,13);2*1H. The average Bonchev–Trinajstić information content (AvgIpc) is 2.75. The summed E-state index contributed by atoms with van der Waals surface area (Å²) in [4.78, 5) is 0. The largest absolute Gasteiger partial charge is 0.282 e. The molecular weight excluding hydrogens is 168 g/mol. The molecule has 0 aliphatic heterocycles. The molecule has 0 spiro atoms. The highest BCUT2D eigenvalue weighted by Gasteiger charge is 2.09. The van der Waals surface area contributed by atoms with Crippen LogP contribution >= 0.6 is 0 Å². The summed E-state index contributed by atoms with van der Waals surface area (Å²) in [6.07, 6.45) is 0. The van der Waals surface area contributed by atoms with Crippen LogP contribution in [0.3, 0.4) is 0 Å². The summed E-state index contributed by atoms with van der Waals surface area (Å²) in [5.41, 5.74) is 1.79. The summed E-state index contributed by atoms with van der Waals surface area (Å²) in [6, 6.07) is 1.93. The lowest BCUT2D eigenvalue weighted by Crippen LogP contribution is -1.85. The molecule has 0 unspecified atom stereocenters. The van der Waals surface area contributed by atoms with Gasteiger partial charge >= 0.3 is 0 Å². The molecule has 2 aromatic rings. The highest BCUT2D eigenvalue weighted by atomic mass is 15.5. The second-order valence-corrected chi connectivity index (χ2v) is 3.10. The molecule has 0 bridgehead atoms. The normalized spacial score (nSPS) is 11.0. The molecular formula is C7H14N6. The van der Waals surface area contributed by atoms with Gasteiger partial charge in [0.15, 0.2) is 0 Å². The van der Waals surface area contributed by atoms with E-state index in [0.717, 1.165) is 11.4 Å². The summed E-state index contributed by atoms with van der Waals surface area (Å²) < 4.78 is 0. The average molecular weight is 182 g/mol. The minimum absolute atomic E-state index is 0. The highest BCUT2D eigenvalue weighted by Crippen LogP contribution is 2.16. The molecule has 0 saturated heterocycles. The van der Waals surface area contributed by atoms with Crippen LogP contribution in [0.1, 0.15) is 28.3 Å². The molecule has 2 rings (SSSR count). The van der Waals surface area contributed by atoms with E-state index in [1.54, 1.807) is 0 Å². The summed E-state index contributed by atoms with van der Waals surface area (Å²) in [5.74, 6) is 0.941. The van der Waals surface area contributed by atoms with Gasteiger partial charge in [0.1, 0.15) is 5.69 Å². The van der Waals surface area contributed by atoms with Crippen LogP contribution in [0.25, 0.3) is 11.5 Å². The van der Waals surface area contributed by atoms with E-state index in [1.165, 1.54) is 0 Å². The molecule has 2 N–H and O–H groups in total. The van der Waals surface area contributed by atoms with Gasteiger partial charge in [-0.2, -0.15) is 10.3 Å². The Balaban J connectivity index is 0.000000980. The van der Waals surface area contributed by atoms with Gasteiger partial charge in [0.2, 0.25) is 5.82 Å². The Morgan fingerprint density at radius 2 is 2.23 bits per heavy atom. The molecule has 6 heteroatoms. The lowest BCUT2D eigenvalue weighted by atomic mass is 10.1. The molecule has 2 heterocycles. The number of hydrogen-bond donors (Lipinski definition) is 2. The Labute approximate surface area is 77.7 Å². The molecule has 0 radical (unpaired) electrons. The predicted molar refractivity (Wildman–Crippen MR) is 50.1 cm³/mol. The van der Waals surface area contributed by atoms with Crippen LogP contribution in [0.2, 0.25) is 0 Å². The van der Waals surface area contributed by atoms with Gasteiger partial charge in [-0.15, -0.1) is 10.2 Å². The minimum atomic E-state index is 0. The first-order valence-electron chi connectivity index (χ1n) is 4.06. The van der Waals surface area contributed by atoms with E-state index in [-0.39, 0.29) is 2.85 Å². The van der Waals surface area contributed by atoms with Crippen molar-refractivity contribution in [3.05, 3.63) is 11.8 Å². The Morgan fingerprint density at radius 1 is 1.38 bits per heavy atom. The Bertz CT molecular complexity index is 382. The smallest absolute Gasteiger partial charge is 0.224 e. The predicted octanol–water partition coefficient (Wildman–Crippen LogP) is 1.21. The van der Waals surface area contributed by atoms with E-state index < -0.39 is 0 Å². The molecule has 0 aliphatic rings. The number of nitrogens with one attached hydrogen (secondary N) is 2. The summed E-state index contributed by atoms with van der Waals surface area (Å²) in [5, 5.41) is 20.5. The van der Waals surface area contributed by atoms with Crippen LogP contribution in [-0.2, 0) is 0 Å². The fraction of sp³-hybridized carbons (Fsp3) is 0.429. The molecule has 0 saturated carbocycles. The lowest BCUT2D eigenvalue weighted by molar-refractivity contribution is 0.810. The molecule has 2 aromatic heterocycles. The quantitative estimate of drug-likeness (QED) is 0.731. The first kappa shape index (κ1) is 7.90. The van der Waals surface area contributed by atoms with Gasteiger partial charge in [0.25, 0.3) is 0 Å². The third kappa shape index (κ3) is 1.42. The van der Waals surface area contributed by atoms with E-state index in [9.17, 15) is 0 Å². The van der Waals surface area contributed by atoms with E-state index >= 15 is 0 Å². The van der Waals surface area contributed by atoms with Crippen molar-refractivity contribution in [1.29, 1.82) is 0 Å².